The smallest absolute Gasteiger partial charge is 0.209 e. The van der Waals surface area contributed by atoms with E-state index in [1.54, 1.807) is 0 Å². The third-order valence-corrected chi connectivity index (χ3v) is 0.446. The molecule has 2 unspecified atom stereocenters. The monoisotopic (exact) mass is 76.0 g/mol. The van der Waals surface area contributed by atoms with E-state index in [2.05, 4.69) is 4.74 Å². The van der Waals surface area contributed by atoms with Crippen molar-refractivity contribution in [3.05, 3.63) is 0 Å². The SMILES string of the molecule is OC1OC1O. The van der Waals surface area contributed by atoms with Crippen molar-refractivity contribution in [1.29, 1.82) is 0 Å². The second-order valence-corrected chi connectivity index (χ2v) is 0.917. The van der Waals surface area contributed by atoms with Crippen molar-refractivity contribution in [2.45, 2.75) is 12.6 Å². The predicted molar refractivity (Wildman–Crippen MR) is 13.1 cm³/mol. The van der Waals surface area contributed by atoms with Gasteiger partial charge < -0.3 is 14.9 Å². The molecule has 1 fully saturated rings. The van der Waals surface area contributed by atoms with Crippen LogP contribution in [0.4, 0.5) is 0 Å². The molecule has 1 saturated heterocycles. The fourth-order valence-electron chi connectivity index (χ4n) is 0.0975. The molecule has 0 saturated carbocycles. The number of epoxide rings is 1. The lowest BCUT2D eigenvalue weighted by Gasteiger charge is -1.60. The summed E-state index contributed by atoms with van der Waals surface area (Å²) in [5.41, 5.74) is 0. The van der Waals surface area contributed by atoms with Gasteiger partial charge in [-0.2, -0.15) is 0 Å². The van der Waals surface area contributed by atoms with Gasteiger partial charge in [-0.25, -0.2) is 0 Å². The summed E-state index contributed by atoms with van der Waals surface area (Å²) in [6.45, 7) is 0. The Bertz CT molecular complexity index is 38.2. The predicted octanol–water partition coefficient (Wildman–Crippen LogP) is -1.35. The minimum atomic E-state index is -0.894. The van der Waals surface area contributed by atoms with Crippen molar-refractivity contribution in [1.82, 2.24) is 0 Å². The number of ether oxygens (including phenoxy) is 1. The van der Waals surface area contributed by atoms with Gasteiger partial charge in [0.2, 0.25) is 12.6 Å². The van der Waals surface area contributed by atoms with Crippen molar-refractivity contribution >= 4 is 0 Å². The van der Waals surface area contributed by atoms with Crippen LogP contribution in [-0.4, -0.2) is 22.8 Å². The Hall–Kier alpha value is -0.120. The number of hydrogen-bond donors (Lipinski definition) is 2. The first kappa shape index (κ1) is 3.08. The first-order valence-electron chi connectivity index (χ1n) is 1.32. The zero-order chi connectivity index (χ0) is 3.86. The van der Waals surface area contributed by atoms with Gasteiger partial charge in [0.05, 0.1) is 0 Å². The molecule has 30 valence electrons. The molecule has 3 nitrogen and oxygen atoms in total. The van der Waals surface area contributed by atoms with Gasteiger partial charge in [0.25, 0.3) is 0 Å². The molecule has 0 radical (unpaired) electrons. The highest BCUT2D eigenvalue weighted by atomic mass is 16.8. The van der Waals surface area contributed by atoms with Crippen molar-refractivity contribution in [3.8, 4) is 0 Å². The standard InChI is InChI=1S/C2H4O3/c3-1-2(4)5-1/h1-4H. The van der Waals surface area contributed by atoms with Crippen LogP contribution in [0.25, 0.3) is 0 Å². The summed E-state index contributed by atoms with van der Waals surface area (Å²) in [6.07, 6.45) is -1.79. The lowest BCUT2D eigenvalue weighted by Crippen LogP contribution is -1.85. The number of aliphatic hydroxyl groups is 2. The largest absolute Gasteiger partial charge is 0.364 e. The number of aliphatic hydroxyl groups excluding tert-OH is 2. The van der Waals surface area contributed by atoms with E-state index in [1.807, 2.05) is 0 Å². The van der Waals surface area contributed by atoms with Gasteiger partial charge in [0.15, 0.2) is 0 Å². The van der Waals surface area contributed by atoms with Crippen LogP contribution in [-0.2, 0) is 4.74 Å². The summed E-state index contributed by atoms with van der Waals surface area (Å²) in [7, 11) is 0. The van der Waals surface area contributed by atoms with Gasteiger partial charge in [-0.3, -0.25) is 0 Å². The van der Waals surface area contributed by atoms with Gasteiger partial charge in [-0.1, -0.05) is 0 Å². The maximum Gasteiger partial charge on any atom is 0.209 e. The normalized spacial score (nSPS) is 49.2. The fraction of sp³-hybridized carbons (Fsp3) is 1.00. The summed E-state index contributed by atoms with van der Waals surface area (Å²) in [5.74, 6) is 0. The molecule has 0 amide bonds. The van der Waals surface area contributed by atoms with Crippen LogP contribution in [0, 0.1) is 0 Å². The highest BCUT2D eigenvalue weighted by Crippen LogP contribution is 2.12. The highest BCUT2D eigenvalue weighted by molar-refractivity contribution is 4.57. The maximum atomic E-state index is 7.96. The van der Waals surface area contributed by atoms with Crippen molar-refractivity contribution in [2.75, 3.05) is 0 Å². The van der Waals surface area contributed by atoms with Gasteiger partial charge in [-0.05, 0) is 0 Å². The van der Waals surface area contributed by atoms with Crippen LogP contribution in [0.5, 0.6) is 0 Å². The van der Waals surface area contributed by atoms with E-state index in [0.29, 0.717) is 0 Å². The molecule has 1 rings (SSSR count). The Morgan fingerprint density at radius 3 is 1.40 bits per heavy atom. The molecular weight excluding hydrogens is 72.0 g/mol. The average Bonchev–Trinajstić information content (AvgIpc) is 1.79. The zero-order valence-corrected chi connectivity index (χ0v) is 2.46. The van der Waals surface area contributed by atoms with E-state index in [4.69, 9.17) is 10.2 Å². The van der Waals surface area contributed by atoms with Gasteiger partial charge >= 0.3 is 0 Å². The summed E-state index contributed by atoms with van der Waals surface area (Å²) < 4.78 is 4.03. The van der Waals surface area contributed by atoms with E-state index in [9.17, 15) is 0 Å². The van der Waals surface area contributed by atoms with E-state index in [0.717, 1.165) is 0 Å². The summed E-state index contributed by atoms with van der Waals surface area (Å²) >= 11 is 0. The summed E-state index contributed by atoms with van der Waals surface area (Å²) in [6, 6.07) is 0. The second kappa shape index (κ2) is 0.680. The molecule has 2 atom stereocenters. The molecule has 0 spiro atoms. The third-order valence-electron chi connectivity index (χ3n) is 0.446. The minimum Gasteiger partial charge on any atom is -0.364 e. The number of rotatable bonds is 0. The van der Waals surface area contributed by atoms with Crippen molar-refractivity contribution in [2.24, 2.45) is 0 Å². The lowest BCUT2D eigenvalue weighted by atomic mass is 10.8. The van der Waals surface area contributed by atoms with E-state index in [-0.39, 0.29) is 0 Å². The van der Waals surface area contributed by atoms with Gasteiger partial charge in [0, 0.05) is 0 Å². The maximum absolute atomic E-state index is 7.96. The van der Waals surface area contributed by atoms with Gasteiger partial charge in [0.1, 0.15) is 0 Å². The average molecular weight is 76.1 g/mol. The Morgan fingerprint density at radius 2 is 1.40 bits per heavy atom. The molecule has 1 aliphatic heterocycles. The molecule has 0 bridgehead atoms. The quantitative estimate of drug-likeness (QED) is 0.351. The second-order valence-electron chi connectivity index (χ2n) is 0.917. The van der Waals surface area contributed by atoms with E-state index in [1.165, 1.54) is 0 Å². The van der Waals surface area contributed by atoms with E-state index >= 15 is 0 Å². The van der Waals surface area contributed by atoms with Crippen molar-refractivity contribution < 1.29 is 14.9 Å². The molecule has 1 aliphatic rings. The van der Waals surface area contributed by atoms with Crippen LogP contribution < -0.4 is 0 Å². The van der Waals surface area contributed by atoms with Crippen LogP contribution in [0.2, 0.25) is 0 Å². The summed E-state index contributed by atoms with van der Waals surface area (Å²) in [4.78, 5) is 0. The summed E-state index contributed by atoms with van der Waals surface area (Å²) in [5, 5.41) is 15.9. The molecule has 0 aromatic heterocycles. The Balaban J connectivity index is 2.20. The fourth-order valence-corrected chi connectivity index (χ4v) is 0.0975. The molecule has 0 aromatic rings. The van der Waals surface area contributed by atoms with Crippen LogP contribution >= 0.6 is 0 Å². The molecule has 3 heteroatoms. The van der Waals surface area contributed by atoms with Crippen LogP contribution in [0.15, 0.2) is 0 Å². The third kappa shape index (κ3) is 0.397. The Labute approximate surface area is 28.8 Å². The van der Waals surface area contributed by atoms with Crippen molar-refractivity contribution in [3.63, 3.8) is 0 Å². The number of hydrogen-bond acceptors (Lipinski definition) is 3. The molecule has 2 N–H and O–H groups in total. The Morgan fingerprint density at radius 1 is 1.20 bits per heavy atom. The topological polar surface area (TPSA) is 53.0 Å². The first-order chi connectivity index (χ1) is 2.30. The van der Waals surface area contributed by atoms with E-state index < -0.39 is 12.6 Å². The minimum absolute atomic E-state index is 0.894. The molecular formula is C2H4O3. The molecule has 0 aliphatic carbocycles. The lowest BCUT2D eigenvalue weighted by molar-refractivity contribution is 0.143. The molecule has 0 aromatic carbocycles. The first-order valence-corrected chi connectivity index (χ1v) is 1.32. The van der Waals surface area contributed by atoms with Gasteiger partial charge in [-0.15, -0.1) is 0 Å². The Kier molecular flexibility index (Phi) is 0.419. The highest BCUT2D eigenvalue weighted by Gasteiger charge is 2.34. The molecule has 5 heavy (non-hydrogen) atoms. The van der Waals surface area contributed by atoms with Crippen LogP contribution in [0.3, 0.4) is 0 Å². The van der Waals surface area contributed by atoms with Crippen LogP contribution in [0.1, 0.15) is 0 Å². The molecule has 1 heterocycles. The zero-order valence-electron chi connectivity index (χ0n) is 2.46.